The SMILES string of the molecule is Cn1cnnc1CCNC(=O)COC(C)(C)C. The Hall–Kier alpha value is -1.43. The minimum absolute atomic E-state index is 0.0856. The largest absolute Gasteiger partial charge is 0.366 e. The number of carbonyl (C=O) groups excluding carboxylic acids is 1. The zero-order chi connectivity index (χ0) is 12.9. The average molecular weight is 240 g/mol. The molecule has 0 radical (unpaired) electrons. The molecule has 0 unspecified atom stereocenters. The normalized spacial score (nSPS) is 11.5. The van der Waals surface area contributed by atoms with Crippen LogP contribution >= 0.6 is 0 Å². The first-order chi connectivity index (χ1) is 7.88. The predicted octanol–water partition coefficient (Wildman–Crippen LogP) is 0.289. The summed E-state index contributed by atoms with van der Waals surface area (Å²) < 4.78 is 7.19. The van der Waals surface area contributed by atoms with Crippen LogP contribution in [0.15, 0.2) is 6.33 Å². The summed E-state index contributed by atoms with van der Waals surface area (Å²) in [6.07, 6.45) is 2.30. The van der Waals surface area contributed by atoms with E-state index in [9.17, 15) is 4.79 Å². The molecule has 1 aromatic rings. The molecule has 0 saturated heterocycles. The number of nitrogens with one attached hydrogen (secondary N) is 1. The van der Waals surface area contributed by atoms with Crippen molar-refractivity contribution in [2.75, 3.05) is 13.2 Å². The van der Waals surface area contributed by atoms with Gasteiger partial charge in [0.05, 0.1) is 5.60 Å². The molecule has 0 aliphatic carbocycles. The molecule has 0 bridgehead atoms. The van der Waals surface area contributed by atoms with Gasteiger partial charge in [0.25, 0.3) is 0 Å². The van der Waals surface area contributed by atoms with Crippen molar-refractivity contribution in [2.24, 2.45) is 7.05 Å². The maximum Gasteiger partial charge on any atom is 0.246 e. The van der Waals surface area contributed by atoms with Gasteiger partial charge >= 0.3 is 0 Å². The molecule has 96 valence electrons. The molecule has 0 atom stereocenters. The fourth-order valence-corrected chi connectivity index (χ4v) is 1.18. The molecule has 1 aromatic heterocycles. The average Bonchev–Trinajstić information content (AvgIpc) is 2.61. The first-order valence-electron chi connectivity index (χ1n) is 5.62. The molecule has 0 saturated carbocycles. The van der Waals surface area contributed by atoms with E-state index in [1.165, 1.54) is 0 Å². The van der Waals surface area contributed by atoms with Gasteiger partial charge in [-0.25, -0.2) is 0 Å². The Kier molecular flexibility index (Phi) is 4.62. The van der Waals surface area contributed by atoms with Crippen LogP contribution in [0.2, 0.25) is 0 Å². The second kappa shape index (κ2) is 5.77. The summed E-state index contributed by atoms with van der Waals surface area (Å²) in [6, 6.07) is 0. The van der Waals surface area contributed by atoms with Gasteiger partial charge in [0.15, 0.2) is 0 Å². The van der Waals surface area contributed by atoms with Gasteiger partial charge in [0.1, 0.15) is 18.8 Å². The number of rotatable bonds is 5. The third kappa shape index (κ3) is 5.44. The highest BCUT2D eigenvalue weighted by Crippen LogP contribution is 2.05. The van der Waals surface area contributed by atoms with Gasteiger partial charge in [0.2, 0.25) is 5.91 Å². The van der Waals surface area contributed by atoms with Crippen LogP contribution in [-0.4, -0.2) is 39.4 Å². The van der Waals surface area contributed by atoms with E-state index in [1.807, 2.05) is 32.4 Å². The van der Waals surface area contributed by atoms with Crippen molar-refractivity contribution < 1.29 is 9.53 Å². The molecule has 0 aliphatic rings. The van der Waals surface area contributed by atoms with Crippen LogP contribution in [0.1, 0.15) is 26.6 Å². The molecule has 0 aromatic carbocycles. The van der Waals surface area contributed by atoms with E-state index in [1.54, 1.807) is 6.33 Å². The molecule has 1 N–H and O–H groups in total. The molecule has 6 nitrogen and oxygen atoms in total. The Morgan fingerprint density at radius 3 is 2.76 bits per heavy atom. The van der Waals surface area contributed by atoms with Crippen molar-refractivity contribution in [3.05, 3.63) is 12.2 Å². The summed E-state index contributed by atoms with van der Waals surface area (Å²) in [7, 11) is 1.87. The molecule has 0 aliphatic heterocycles. The quantitative estimate of drug-likeness (QED) is 0.803. The lowest BCUT2D eigenvalue weighted by Gasteiger charge is -2.18. The molecule has 0 spiro atoms. The molecular weight excluding hydrogens is 220 g/mol. The number of nitrogens with zero attached hydrogens (tertiary/aromatic N) is 3. The minimum atomic E-state index is -0.291. The topological polar surface area (TPSA) is 69.0 Å². The second-order valence-corrected chi connectivity index (χ2v) is 4.86. The molecule has 1 rings (SSSR count). The lowest BCUT2D eigenvalue weighted by atomic mass is 10.2. The number of aromatic nitrogens is 3. The van der Waals surface area contributed by atoms with Crippen molar-refractivity contribution >= 4 is 5.91 Å². The maximum atomic E-state index is 11.4. The highest BCUT2D eigenvalue weighted by molar-refractivity contribution is 5.77. The van der Waals surface area contributed by atoms with E-state index >= 15 is 0 Å². The highest BCUT2D eigenvalue weighted by Gasteiger charge is 2.12. The number of hydrogen-bond acceptors (Lipinski definition) is 4. The van der Waals surface area contributed by atoms with Gasteiger partial charge in [0, 0.05) is 20.0 Å². The third-order valence-corrected chi connectivity index (χ3v) is 2.11. The number of carbonyl (C=O) groups is 1. The number of hydrogen-bond donors (Lipinski definition) is 1. The molecule has 1 amide bonds. The van der Waals surface area contributed by atoms with Crippen LogP contribution in [-0.2, 0) is 23.0 Å². The second-order valence-electron chi connectivity index (χ2n) is 4.86. The van der Waals surface area contributed by atoms with E-state index in [4.69, 9.17) is 4.74 Å². The molecular formula is C11H20N4O2. The van der Waals surface area contributed by atoms with Crippen LogP contribution in [0, 0.1) is 0 Å². The number of aryl methyl sites for hydroxylation is 1. The Labute approximate surface area is 101 Å². The highest BCUT2D eigenvalue weighted by atomic mass is 16.5. The molecule has 6 heteroatoms. The summed E-state index contributed by atoms with van der Waals surface area (Å²) >= 11 is 0. The van der Waals surface area contributed by atoms with E-state index < -0.39 is 0 Å². The van der Waals surface area contributed by atoms with Crippen molar-refractivity contribution in [1.82, 2.24) is 20.1 Å². The first-order valence-corrected chi connectivity index (χ1v) is 5.62. The number of amides is 1. The zero-order valence-corrected chi connectivity index (χ0v) is 10.9. The fourth-order valence-electron chi connectivity index (χ4n) is 1.18. The standard InChI is InChI=1S/C11H20N4O2/c1-11(2,3)17-7-10(16)12-6-5-9-14-13-8-15(9)4/h8H,5-7H2,1-4H3,(H,12,16). The van der Waals surface area contributed by atoms with E-state index in [0.717, 1.165) is 5.82 Å². The van der Waals surface area contributed by atoms with Crippen LogP contribution in [0.25, 0.3) is 0 Å². The van der Waals surface area contributed by atoms with Crippen molar-refractivity contribution in [3.63, 3.8) is 0 Å². The predicted molar refractivity (Wildman–Crippen MR) is 63.4 cm³/mol. The smallest absolute Gasteiger partial charge is 0.246 e. The van der Waals surface area contributed by atoms with Crippen LogP contribution < -0.4 is 5.32 Å². The van der Waals surface area contributed by atoms with Crippen molar-refractivity contribution in [2.45, 2.75) is 32.8 Å². The Balaban J connectivity index is 2.19. The zero-order valence-electron chi connectivity index (χ0n) is 10.9. The van der Waals surface area contributed by atoms with Gasteiger partial charge in [-0.05, 0) is 20.8 Å². The first kappa shape index (κ1) is 13.6. The third-order valence-electron chi connectivity index (χ3n) is 2.11. The van der Waals surface area contributed by atoms with Crippen molar-refractivity contribution in [1.29, 1.82) is 0 Å². The lowest BCUT2D eigenvalue weighted by molar-refractivity contribution is -0.130. The molecule has 1 heterocycles. The maximum absolute atomic E-state index is 11.4. The van der Waals surface area contributed by atoms with Gasteiger partial charge in [-0.15, -0.1) is 10.2 Å². The van der Waals surface area contributed by atoms with Crippen LogP contribution in [0.3, 0.4) is 0 Å². The lowest BCUT2D eigenvalue weighted by Crippen LogP contribution is -2.33. The summed E-state index contributed by atoms with van der Waals surface area (Å²) in [5.41, 5.74) is -0.291. The van der Waals surface area contributed by atoms with E-state index in [0.29, 0.717) is 13.0 Å². The summed E-state index contributed by atoms with van der Waals surface area (Å²) in [6.45, 7) is 6.38. The van der Waals surface area contributed by atoms with Crippen LogP contribution in [0.4, 0.5) is 0 Å². The minimum Gasteiger partial charge on any atom is -0.366 e. The van der Waals surface area contributed by atoms with Gasteiger partial charge in [-0.1, -0.05) is 0 Å². The van der Waals surface area contributed by atoms with E-state index in [2.05, 4.69) is 15.5 Å². The Morgan fingerprint density at radius 2 is 2.24 bits per heavy atom. The molecule has 0 fully saturated rings. The van der Waals surface area contributed by atoms with Crippen molar-refractivity contribution in [3.8, 4) is 0 Å². The monoisotopic (exact) mass is 240 g/mol. The summed E-state index contributed by atoms with van der Waals surface area (Å²) in [5, 5.41) is 10.5. The van der Waals surface area contributed by atoms with Crippen LogP contribution in [0.5, 0.6) is 0 Å². The summed E-state index contributed by atoms with van der Waals surface area (Å²) in [4.78, 5) is 11.4. The van der Waals surface area contributed by atoms with Gasteiger partial charge < -0.3 is 14.6 Å². The van der Waals surface area contributed by atoms with Gasteiger partial charge in [-0.2, -0.15) is 0 Å². The number of ether oxygens (including phenoxy) is 1. The molecule has 17 heavy (non-hydrogen) atoms. The fraction of sp³-hybridized carbons (Fsp3) is 0.727. The summed E-state index contributed by atoms with van der Waals surface area (Å²) in [5.74, 6) is 0.740. The Morgan fingerprint density at radius 1 is 1.53 bits per heavy atom. The van der Waals surface area contributed by atoms with E-state index in [-0.39, 0.29) is 18.1 Å². The Bertz CT molecular complexity index is 368. The van der Waals surface area contributed by atoms with Gasteiger partial charge in [-0.3, -0.25) is 4.79 Å².